The van der Waals surface area contributed by atoms with E-state index in [2.05, 4.69) is 0 Å². The smallest absolute Gasteiger partial charge is 0.114 e. The van der Waals surface area contributed by atoms with Gasteiger partial charge >= 0.3 is 0 Å². The molecule has 0 bridgehead atoms. The van der Waals surface area contributed by atoms with Crippen LogP contribution in [-0.2, 0) is 9.47 Å². The van der Waals surface area contributed by atoms with Crippen LogP contribution in [0.3, 0.4) is 0 Å². The van der Waals surface area contributed by atoms with Crippen molar-refractivity contribution in [2.75, 3.05) is 13.7 Å². The molecule has 1 heterocycles. The second-order valence-corrected chi connectivity index (χ2v) is 2.80. The number of hydrogen-bond donors (Lipinski definition) is 2. The van der Waals surface area contributed by atoms with Gasteiger partial charge in [0, 0.05) is 7.11 Å². The van der Waals surface area contributed by atoms with E-state index in [1.54, 1.807) is 6.92 Å². The van der Waals surface area contributed by atoms with Crippen LogP contribution in [0.25, 0.3) is 0 Å². The van der Waals surface area contributed by atoms with Gasteiger partial charge in [0.1, 0.15) is 18.3 Å². The predicted octanol–water partition coefficient (Wildman–Crippen LogP) is -0.858. The zero-order valence-corrected chi connectivity index (χ0v) is 6.73. The fraction of sp³-hybridized carbons (Fsp3) is 1.00. The molecule has 0 aliphatic carbocycles. The molecule has 0 aromatic rings. The summed E-state index contributed by atoms with van der Waals surface area (Å²) in [4.78, 5) is 0. The lowest BCUT2D eigenvalue weighted by Gasteiger charge is -2.35. The Hall–Kier alpha value is -0.160. The molecule has 4 heteroatoms. The van der Waals surface area contributed by atoms with Gasteiger partial charge in [0.15, 0.2) is 0 Å². The van der Waals surface area contributed by atoms with Crippen LogP contribution in [0.1, 0.15) is 6.92 Å². The Balaban J connectivity index is 2.55. The van der Waals surface area contributed by atoms with Crippen molar-refractivity contribution in [3.63, 3.8) is 0 Å². The lowest BCUT2D eigenvalue weighted by molar-refractivity contribution is -0.190. The SMILES string of the molecule is CO[C@H]1[C@H](O)COC(C)[C@@H]1O. The summed E-state index contributed by atoms with van der Waals surface area (Å²) in [6.07, 6.45) is -2.22. The van der Waals surface area contributed by atoms with Gasteiger partial charge in [-0.3, -0.25) is 0 Å². The molecule has 1 fully saturated rings. The van der Waals surface area contributed by atoms with Crippen LogP contribution in [0.2, 0.25) is 0 Å². The third-order valence-electron chi connectivity index (χ3n) is 2.00. The van der Waals surface area contributed by atoms with E-state index in [1.807, 2.05) is 0 Å². The van der Waals surface area contributed by atoms with Gasteiger partial charge in [-0.2, -0.15) is 0 Å². The first-order chi connectivity index (χ1) is 5.16. The van der Waals surface area contributed by atoms with Gasteiger partial charge in [0.25, 0.3) is 0 Å². The van der Waals surface area contributed by atoms with E-state index in [0.717, 1.165) is 0 Å². The Morgan fingerprint density at radius 3 is 2.55 bits per heavy atom. The fourth-order valence-electron chi connectivity index (χ4n) is 1.24. The van der Waals surface area contributed by atoms with Crippen molar-refractivity contribution in [3.05, 3.63) is 0 Å². The average molecular weight is 162 g/mol. The highest BCUT2D eigenvalue weighted by Gasteiger charge is 2.36. The van der Waals surface area contributed by atoms with E-state index >= 15 is 0 Å². The molecule has 1 saturated heterocycles. The topological polar surface area (TPSA) is 58.9 Å². The first kappa shape index (κ1) is 8.93. The molecule has 2 N–H and O–H groups in total. The minimum absolute atomic E-state index is 0.233. The van der Waals surface area contributed by atoms with Crippen molar-refractivity contribution in [2.24, 2.45) is 0 Å². The lowest BCUT2D eigenvalue weighted by Crippen LogP contribution is -2.52. The summed E-state index contributed by atoms with van der Waals surface area (Å²) in [6, 6.07) is 0. The minimum Gasteiger partial charge on any atom is -0.388 e. The van der Waals surface area contributed by atoms with E-state index < -0.39 is 18.3 Å². The van der Waals surface area contributed by atoms with E-state index in [9.17, 15) is 10.2 Å². The third kappa shape index (κ3) is 1.70. The fourth-order valence-corrected chi connectivity index (χ4v) is 1.24. The molecular weight excluding hydrogens is 148 g/mol. The standard InChI is InChI=1S/C7H14O4/c1-4-6(9)7(10-2)5(8)3-11-4/h4-9H,3H2,1-2H3/t4?,5-,6+,7+/m1/s1. The Morgan fingerprint density at radius 1 is 1.45 bits per heavy atom. The first-order valence-electron chi connectivity index (χ1n) is 3.67. The van der Waals surface area contributed by atoms with E-state index in [1.165, 1.54) is 7.11 Å². The molecular formula is C7H14O4. The Morgan fingerprint density at radius 2 is 2.09 bits per heavy atom. The lowest BCUT2D eigenvalue weighted by atomic mass is 10.0. The normalized spacial score (nSPS) is 45.8. The quantitative estimate of drug-likeness (QED) is 0.527. The largest absolute Gasteiger partial charge is 0.388 e. The van der Waals surface area contributed by atoms with Crippen LogP contribution >= 0.6 is 0 Å². The summed E-state index contributed by atoms with van der Waals surface area (Å²) in [5.74, 6) is 0. The van der Waals surface area contributed by atoms with Crippen LogP contribution in [0.15, 0.2) is 0 Å². The second kappa shape index (κ2) is 3.49. The van der Waals surface area contributed by atoms with Crippen molar-refractivity contribution >= 4 is 0 Å². The van der Waals surface area contributed by atoms with Gasteiger partial charge in [0.05, 0.1) is 12.7 Å². The Labute approximate surface area is 65.7 Å². The zero-order chi connectivity index (χ0) is 8.43. The number of ether oxygens (including phenoxy) is 2. The number of hydrogen-bond acceptors (Lipinski definition) is 4. The summed E-state index contributed by atoms with van der Waals surface area (Å²) >= 11 is 0. The monoisotopic (exact) mass is 162 g/mol. The highest BCUT2D eigenvalue weighted by Crippen LogP contribution is 2.16. The maximum atomic E-state index is 9.40. The van der Waals surface area contributed by atoms with Gasteiger partial charge in [-0.1, -0.05) is 0 Å². The Bertz CT molecular complexity index is 128. The highest BCUT2D eigenvalue weighted by atomic mass is 16.5. The molecule has 0 saturated carbocycles. The van der Waals surface area contributed by atoms with Gasteiger partial charge in [-0.25, -0.2) is 0 Å². The van der Waals surface area contributed by atoms with Crippen LogP contribution in [0.4, 0.5) is 0 Å². The molecule has 1 rings (SSSR count). The second-order valence-electron chi connectivity index (χ2n) is 2.80. The average Bonchev–Trinajstić information content (AvgIpc) is 1.99. The number of aliphatic hydroxyl groups is 2. The highest BCUT2D eigenvalue weighted by molar-refractivity contribution is 4.85. The van der Waals surface area contributed by atoms with Crippen LogP contribution in [0, 0.1) is 0 Å². The van der Waals surface area contributed by atoms with Crippen LogP contribution in [0.5, 0.6) is 0 Å². The number of methoxy groups -OCH3 is 1. The summed E-state index contributed by atoms with van der Waals surface area (Å²) in [5.41, 5.74) is 0. The van der Waals surface area contributed by atoms with Gasteiger partial charge < -0.3 is 19.7 Å². The molecule has 4 atom stereocenters. The van der Waals surface area contributed by atoms with Crippen molar-refractivity contribution in [1.29, 1.82) is 0 Å². The molecule has 0 spiro atoms. The molecule has 4 nitrogen and oxygen atoms in total. The molecule has 1 unspecified atom stereocenters. The van der Waals surface area contributed by atoms with E-state index in [0.29, 0.717) is 0 Å². The maximum absolute atomic E-state index is 9.40. The summed E-state index contributed by atoms with van der Waals surface area (Å²) in [5, 5.41) is 18.6. The van der Waals surface area contributed by atoms with Crippen molar-refractivity contribution in [2.45, 2.75) is 31.3 Å². The molecule has 1 aliphatic rings. The molecule has 0 amide bonds. The summed E-state index contributed by atoms with van der Waals surface area (Å²) in [7, 11) is 1.47. The van der Waals surface area contributed by atoms with Crippen molar-refractivity contribution in [1.82, 2.24) is 0 Å². The van der Waals surface area contributed by atoms with E-state index in [-0.39, 0.29) is 12.7 Å². The predicted molar refractivity (Wildman–Crippen MR) is 38.2 cm³/mol. The number of aliphatic hydroxyl groups excluding tert-OH is 2. The first-order valence-corrected chi connectivity index (χ1v) is 3.67. The maximum Gasteiger partial charge on any atom is 0.114 e. The molecule has 66 valence electrons. The van der Waals surface area contributed by atoms with Crippen LogP contribution < -0.4 is 0 Å². The molecule has 1 aliphatic heterocycles. The molecule has 11 heavy (non-hydrogen) atoms. The zero-order valence-electron chi connectivity index (χ0n) is 6.73. The van der Waals surface area contributed by atoms with Gasteiger partial charge in [-0.05, 0) is 6.92 Å². The summed E-state index contributed by atoms with van der Waals surface area (Å²) in [6.45, 7) is 1.99. The molecule has 0 radical (unpaired) electrons. The number of rotatable bonds is 1. The van der Waals surface area contributed by atoms with Crippen LogP contribution in [-0.4, -0.2) is 48.3 Å². The van der Waals surface area contributed by atoms with Crippen molar-refractivity contribution in [3.8, 4) is 0 Å². The molecule has 0 aromatic carbocycles. The minimum atomic E-state index is -0.733. The van der Waals surface area contributed by atoms with Gasteiger partial charge in [0.2, 0.25) is 0 Å². The van der Waals surface area contributed by atoms with Crippen molar-refractivity contribution < 1.29 is 19.7 Å². The molecule has 0 aromatic heterocycles. The summed E-state index contributed by atoms with van der Waals surface area (Å²) < 4.78 is 9.96. The Kier molecular flexibility index (Phi) is 2.84. The third-order valence-corrected chi connectivity index (χ3v) is 2.00. The van der Waals surface area contributed by atoms with E-state index in [4.69, 9.17) is 9.47 Å². The van der Waals surface area contributed by atoms with Gasteiger partial charge in [-0.15, -0.1) is 0 Å².